The molecule has 1 aliphatic carbocycles. The van der Waals surface area contributed by atoms with Crippen LogP contribution in [0, 0.1) is 0 Å². The summed E-state index contributed by atoms with van der Waals surface area (Å²) >= 11 is 5.99. The first-order chi connectivity index (χ1) is 12.7. The molecular formula is C20H26ClNO4. The molecule has 142 valence electrons. The number of allylic oxidation sites excluding steroid dienone is 1. The van der Waals surface area contributed by atoms with Crippen molar-refractivity contribution in [2.75, 3.05) is 13.2 Å². The summed E-state index contributed by atoms with van der Waals surface area (Å²) in [4.78, 5) is 12.5. The lowest BCUT2D eigenvalue weighted by Crippen LogP contribution is -2.42. The van der Waals surface area contributed by atoms with Crippen LogP contribution in [0.2, 0.25) is 5.02 Å². The first-order valence-corrected chi connectivity index (χ1v) is 9.71. The van der Waals surface area contributed by atoms with Gasteiger partial charge in [-0.25, -0.2) is 0 Å². The molecule has 1 aliphatic heterocycles. The van der Waals surface area contributed by atoms with E-state index in [9.17, 15) is 4.79 Å². The zero-order valence-electron chi connectivity index (χ0n) is 14.8. The smallest absolute Gasteiger partial charge is 0.286 e. The maximum atomic E-state index is 12.5. The number of benzene rings is 1. The summed E-state index contributed by atoms with van der Waals surface area (Å²) < 4.78 is 11.6. The number of aliphatic hydroxyl groups excluding tert-OH is 1. The first-order valence-electron chi connectivity index (χ1n) is 9.33. The first kappa shape index (κ1) is 19.2. The summed E-state index contributed by atoms with van der Waals surface area (Å²) in [5.41, 5.74) is 1.08. The fraction of sp³-hybridized carbons (Fsp3) is 0.550. The third-order valence-corrected chi connectivity index (χ3v) is 5.13. The lowest BCUT2D eigenvalue weighted by molar-refractivity contribution is -0.147. The maximum Gasteiger partial charge on any atom is 0.286 e. The Morgan fingerprint density at radius 3 is 2.69 bits per heavy atom. The number of carbonyl (C=O) groups excluding carboxylic acids is 1. The lowest BCUT2D eigenvalue weighted by Gasteiger charge is -2.31. The van der Waals surface area contributed by atoms with Gasteiger partial charge in [-0.2, -0.15) is 0 Å². The van der Waals surface area contributed by atoms with E-state index in [4.69, 9.17) is 26.2 Å². The van der Waals surface area contributed by atoms with Crippen LogP contribution >= 0.6 is 11.6 Å². The topological polar surface area (TPSA) is 67.8 Å². The van der Waals surface area contributed by atoms with Gasteiger partial charge in [-0.1, -0.05) is 23.7 Å². The van der Waals surface area contributed by atoms with Gasteiger partial charge in [-0.15, -0.1) is 0 Å². The van der Waals surface area contributed by atoms with Gasteiger partial charge in [0.05, 0.1) is 6.61 Å². The van der Waals surface area contributed by atoms with Gasteiger partial charge >= 0.3 is 0 Å². The minimum absolute atomic E-state index is 0.0333. The van der Waals surface area contributed by atoms with Crippen molar-refractivity contribution in [3.63, 3.8) is 0 Å². The molecule has 1 heterocycles. The van der Waals surface area contributed by atoms with E-state index in [-0.39, 0.29) is 24.5 Å². The molecule has 5 nitrogen and oxygen atoms in total. The SMILES string of the molecule is O=C(NC1CCC1)C1=C[C@@H](c2ccc(Cl)cc2)C[C@@H](OCCCCO)O1. The Kier molecular flexibility index (Phi) is 6.94. The average molecular weight is 380 g/mol. The maximum absolute atomic E-state index is 12.5. The number of rotatable bonds is 8. The van der Waals surface area contributed by atoms with Crippen molar-refractivity contribution >= 4 is 17.5 Å². The predicted molar refractivity (Wildman–Crippen MR) is 99.8 cm³/mol. The number of halogens is 1. The molecule has 1 fully saturated rings. The largest absolute Gasteiger partial charge is 0.459 e. The number of carbonyl (C=O) groups is 1. The minimum atomic E-state index is -0.471. The summed E-state index contributed by atoms with van der Waals surface area (Å²) in [6.07, 6.45) is 6.72. The molecule has 0 aromatic heterocycles. The second-order valence-corrected chi connectivity index (χ2v) is 7.31. The van der Waals surface area contributed by atoms with Crippen molar-refractivity contribution in [3.8, 4) is 0 Å². The zero-order valence-corrected chi connectivity index (χ0v) is 15.6. The highest BCUT2D eigenvalue weighted by molar-refractivity contribution is 6.30. The molecule has 2 N–H and O–H groups in total. The Bertz CT molecular complexity index is 627. The van der Waals surface area contributed by atoms with Gasteiger partial charge in [-0.3, -0.25) is 4.79 Å². The van der Waals surface area contributed by atoms with E-state index in [1.165, 1.54) is 0 Å². The van der Waals surface area contributed by atoms with Crippen LogP contribution in [0.1, 0.15) is 50.0 Å². The van der Waals surface area contributed by atoms with Gasteiger partial charge in [0.15, 0.2) is 5.76 Å². The molecule has 1 aromatic carbocycles. The van der Waals surface area contributed by atoms with Crippen LogP contribution in [0.4, 0.5) is 0 Å². The number of ether oxygens (including phenoxy) is 2. The predicted octanol–water partition coefficient (Wildman–Crippen LogP) is 3.51. The number of hydrogen-bond acceptors (Lipinski definition) is 4. The van der Waals surface area contributed by atoms with Crippen molar-refractivity contribution in [3.05, 3.63) is 46.7 Å². The normalized spacial score (nSPS) is 22.9. The Balaban J connectivity index is 1.69. The second kappa shape index (κ2) is 9.40. The van der Waals surface area contributed by atoms with Crippen molar-refractivity contribution in [1.82, 2.24) is 5.32 Å². The fourth-order valence-electron chi connectivity index (χ4n) is 3.10. The van der Waals surface area contributed by atoms with E-state index in [1.54, 1.807) is 0 Å². The molecule has 0 spiro atoms. The standard InChI is InChI=1S/C20H26ClNO4/c21-16-8-6-14(7-9-16)15-12-18(20(24)22-17-4-3-5-17)26-19(13-15)25-11-2-1-10-23/h6-9,12,15,17,19,23H,1-5,10-11,13H2,(H,22,24)/t15-,19+/m1/s1. The molecule has 6 heteroatoms. The number of nitrogens with one attached hydrogen (secondary N) is 1. The van der Waals surface area contributed by atoms with E-state index in [0.29, 0.717) is 30.2 Å². The minimum Gasteiger partial charge on any atom is -0.459 e. The van der Waals surface area contributed by atoms with Crippen LogP contribution in [0.5, 0.6) is 0 Å². The van der Waals surface area contributed by atoms with Crippen molar-refractivity contribution in [2.24, 2.45) is 0 Å². The van der Waals surface area contributed by atoms with Gasteiger partial charge in [0.2, 0.25) is 6.29 Å². The summed E-state index contributed by atoms with van der Waals surface area (Å²) in [7, 11) is 0. The summed E-state index contributed by atoms with van der Waals surface area (Å²) in [6, 6.07) is 7.90. The summed E-state index contributed by atoms with van der Waals surface area (Å²) in [5.74, 6) is 0.193. The Hall–Kier alpha value is -1.56. The van der Waals surface area contributed by atoms with Gasteiger partial charge in [0, 0.05) is 30.0 Å². The van der Waals surface area contributed by atoms with Crippen LogP contribution in [0.15, 0.2) is 36.1 Å². The van der Waals surface area contributed by atoms with Gasteiger partial charge in [0.25, 0.3) is 5.91 Å². The van der Waals surface area contributed by atoms with Crippen molar-refractivity contribution in [2.45, 2.75) is 56.8 Å². The number of amides is 1. The van der Waals surface area contributed by atoms with Crippen LogP contribution in [0.3, 0.4) is 0 Å². The molecule has 1 amide bonds. The highest BCUT2D eigenvalue weighted by atomic mass is 35.5. The van der Waals surface area contributed by atoms with E-state index < -0.39 is 6.29 Å². The quantitative estimate of drug-likeness (QED) is 0.678. The highest BCUT2D eigenvalue weighted by Crippen LogP contribution is 2.32. The highest BCUT2D eigenvalue weighted by Gasteiger charge is 2.30. The number of aliphatic hydroxyl groups is 1. The van der Waals surface area contributed by atoms with Crippen LogP contribution in [0.25, 0.3) is 0 Å². The number of unbranched alkanes of at least 4 members (excludes halogenated alkanes) is 1. The molecule has 26 heavy (non-hydrogen) atoms. The van der Waals surface area contributed by atoms with Crippen molar-refractivity contribution < 1.29 is 19.4 Å². The second-order valence-electron chi connectivity index (χ2n) is 6.87. The van der Waals surface area contributed by atoms with Crippen LogP contribution < -0.4 is 5.32 Å². The molecule has 2 aliphatic rings. The molecule has 0 saturated heterocycles. The fourth-order valence-corrected chi connectivity index (χ4v) is 3.22. The molecule has 3 rings (SSSR count). The Morgan fingerprint density at radius 1 is 1.27 bits per heavy atom. The molecule has 0 unspecified atom stereocenters. The Labute approximate surface area is 159 Å². The monoisotopic (exact) mass is 379 g/mol. The molecule has 0 bridgehead atoms. The lowest BCUT2D eigenvalue weighted by atomic mass is 9.91. The van der Waals surface area contributed by atoms with E-state index >= 15 is 0 Å². The third-order valence-electron chi connectivity index (χ3n) is 4.88. The molecule has 0 radical (unpaired) electrons. The molecule has 2 atom stereocenters. The van der Waals surface area contributed by atoms with Crippen molar-refractivity contribution in [1.29, 1.82) is 0 Å². The van der Waals surface area contributed by atoms with Gasteiger partial charge < -0.3 is 19.9 Å². The summed E-state index contributed by atoms with van der Waals surface area (Å²) in [6.45, 7) is 0.646. The molecule has 1 aromatic rings. The zero-order chi connectivity index (χ0) is 18.4. The Morgan fingerprint density at radius 2 is 2.04 bits per heavy atom. The van der Waals surface area contributed by atoms with Crippen LogP contribution in [-0.2, 0) is 14.3 Å². The summed E-state index contributed by atoms with van der Waals surface area (Å²) in [5, 5.41) is 12.6. The van der Waals surface area contributed by atoms with Gasteiger partial charge in [-0.05, 0) is 55.9 Å². The van der Waals surface area contributed by atoms with E-state index in [1.807, 2.05) is 30.3 Å². The average Bonchev–Trinajstić information content (AvgIpc) is 2.62. The van der Waals surface area contributed by atoms with Gasteiger partial charge in [0.1, 0.15) is 0 Å². The van der Waals surface area contributed by atoms with E-state index in [0.717, 1.165) is 31.2 Å². The third kappa shape index (κ3) is 5.22. The molecule has 1 saturated carbocycles. The molecular weight excluding hydrogens is 354 g/mol. The van der Waals surface area contributed by atoms with E-state index in [2.05, 4.69) is 5.32 Å². The number of hydrogen-bond donors (Lipinski definition) is 2. The van der Waals surface area contributed by atoms with Crippen LogP contribution in [-0.4, -0.2) is 36.6 Å².